The molecule has 1 heterocycles. The van der Waals surface area contributed by atoms with Crippen molar-refractivity contribution < 1.29 is 22.7 Å². The number of ether oxygens (including phenoxy) is 1. The van der Waals surface area contributed by atoms with Crippen molar-refractivity contribution in [3.63, 3.8) is 0 Å². The highest BCUT2D eigenvalue weighted by Crippen LogP contribution is 2.38. The quantitative estimate of drug-likeness (QED) is 0.602. The first kappa shape index (κ1) is 20.9. The molecule has 31 heavy (non-hydrogen) atoms. The summed E-state index contributed by atoms with van der Waals surface area (Å²) in [6.07, 6.45) is -4.55. The van der Waals surface area contributed by atoms with E-state index in [1.807, 2.05) is 42.5 Å². The summed E-state index contributed by atoms with van der Waals surface area (Å²) in [5, 5.41) is 2.63. The number of carbonyl (C=O) groups excluding carboxylic acids is 1. The van der Waals surface area contributed by atoms with Crippen molar-refractivity contribution in [2.75, 3.05) is 36.5 Å². The van der Waals surface area contributed by atoms with Crippen LogP contribution in [0.4, 0.5) is 24.5 Å². The van der Waals surface area contributed by atoms with Crippen molar-refractivity contribution in [2.45, 2.75) is 6.18 Å². The summed E-state index contributed by atoms with van der Waals surface area (Å²) >= 11 is 0. The summed E-state index contributed by atoms with van der Waals surface area (Å²) in [5.41, 5.74) is 1.37. The van der Waals surface area contributed by atoms with Crippen LogP contribution in [0.5, 0.6) is 0 Å². The highest BCUT2D eigenvalue weighted by Gasteiger charge is 2.35. The van der Waals surface area contributed by atoms with Crippen molar-refractivity contribution in [1.29, 1.82) is 0 Å². The van der Waals surface area contributed by atoms with Gasteiger partial charge in [0, 0.05) is 30.0 Å². The van der Waals surface area contributed by atoms with Gasteiger partial charge < -0.3 is 15.0 Å². The van der Waals surface area contributed by atoms with Gasteiger partial charge in [-0.1, -0.05) is 48.5 Å². The molecule has 0 saturated carbocycles. The van der Waals surface area contributed by atoms with E-state index in [0.717, 1.165) is 11.6 Å². The van der Waals surface area contributed by atoms with Crippen molar-refractivity contribution in [3.05, 3.63) is 83.9 Å². The number of hydrogen-bond donors (Lipinski definition) is 1. The van der Waals surface area contributed by atoms with Crippen LogP contribution in [0.25, 0.3) is 11.1 Å². The molecule has 7 heteroatoms. The zero-order chi connectivity index (χ0) is 21.8. The minimum absolute atomic E-state index is 0.0946. The molecule has 4 nitrogen and oxygen atoms in total. The maximum atomic E-state index is 13.8. The Morgan fingerprint density at radius 3 is 2.29 bits per heavy atom. The fourth-order valence-electron chi connectivity index (χ4n) is 3.67. The number of hydrogen-bond acceptors (Lipinski definition) is 3. The van der Waals surface area contributed by atoms with E-state index in [-0.39, 0.29) is 11.4 Å². The molecule has 0 aromatic heterocycles. The summed E-state index contributed by atoms with van der Waals surface area (Å²) < 4.78 is 46.5. The largest absolute Gasteiger partial charge is 0.418 e. The van der Waals surface area contributed by atoms with Gasteiger partial charge in [-0.3, -0.25) is 4.79 Å². The van der Waals surface area contributed by atoms with Crippen LogP contribution in [-0.2, 0) is 10.9 Å². The molecule has 0 aliphatic carbocycles. The molecule has 1 aliphatic rings. The fraction of sp³-hybridized carbons (Fsp3) is 0.208. The molecule has 0 spiro atoms. The average molecular weight is 426 g/mol. The number of halogens is 3. The van der Waals surface area contributed by atoms with Crippen LogP contribution >= 0.6 is 0 Å². The van der Waals surface area contributed by atoms with Gasteiger partial charge >= 0.3 is 6.18 Å². The monoisotopic (exact) mass is 426 g/mol. The summed E-state index contributed by atoms with van der Waals surface area (Å²) in [6.45, 7) is 1.54. The fourth-order valence-corrected chi connectivity index (χ4v) is 3.67. The highest BCUT2D eigenvalue weighted by molar-refractivity contribution is 6.08. The zero-order valence-electron chi connectivity index (χ0n) is 16.7. The van der Waals surface area contributed by atoms with E-state index < -0.39 is 17.6 Å². The zero-order valence-corrected chi connectivity index (χ0v) is 16.7. The van der Waals surface area contributed by atoms with Crippen LogP contribution in [0.1, 0.15) is 15.9 Å². The van der Waals surface area contributed by atoms with Gasteiger partial charge in [-0.05, 0) is 35.4 Å². The van der Waals surface area contributed by atoms with Gasteiger partial charge in [-0.15, -0.1) is 0 Å². The molecule has 160 valence electrons. The lowest BCUT2D eigenvalue weighted by atomic mass is 9.99. The standard InChI is InChI=1S/C24H21F3N2O2/c25-24(26,27)21-16-18(10-11-22(21)29-12-14-31-15-13-29)28-23(30)20-9-5-4-8-19(20)17-6-2-1-3-7-17/h1-11,16H,12-15H2,(H,28,30). The topological polar surface area (TPSA) is 41.6 Å². The van der Waals surface area contributed by atoms with Crippen LogP contribution in [0.3, 0.4) is 0 Å². The Bertz CT molecular complexity index is 1060. The first-order chi connectivity index (χ1) is 14.9. The van der Waals surface area contributed by atoms with E-state index in [0.29, 0.717) is 37.4 Å². The third-order valence-electron chi connectivity index (χ3n) is 5.17. The van der Waals surface area contributed by atoms with E-state index in [1.165, 1.54) is 12.1 Å². The molecule has 4 rings (SSSR count). The molecule has 1 saturated heterocycles. The molecule has 0 unspecified atom stereocenters. The van der Waals surface area contributed by atoms with Gasteiger partial charge in [0.2, 0.25) is 0 Å². The van der Waals surface area contributed by atoms with E-state index in [9.17, 15) is 18.0 Å². The smallest absolute Gasteiger partial charge is 0.378 e. The van der Waals surface area contributed by atoms with Crippen LogP contribution in [0.2, 0.25) is 0 Å². The maximum Gasteiger partial charge on any atom is 0.418 e. The van der Waals surface area contributed by atoms with Crippen LogP contribution in [0.15, 0.2) is 72.8 Å². The molecular formula is C24H21F3N2O2. The molecule has 0 atom stereocenters. The first-order valence-electron chi connectivity index (χ1n) is 9.93. The molecule has 1 fully saturated rings. The molecule has 1 N–H and O–H groups in total. The summed E-state index contributed by atoms with van der Waals surface area (Å²) in [5.74, 6) is -0.466. The van der Waals surface area contributed by atoms with E-state index in [1.54, 1.807) is 17.0 Å². The van der Waals surface area contributed by atoms with Crippen molar-refractivity contribution in [1.82, 2.24) is 0 Å². The predicted octanol–water partition coefficient (Wildman–Crippen LogP) is 5.46. The molecule has 0 radical (unpaired) electrons. The SMILES string of the molecule is O=C(Nc1ccc(N2CCOCC2)c(C(F)(F)F)c1)c1ccccc1-c1ccccc1. The lowest BCUT2D eigenvalue weighted by molar-refractivity contribution is -0.137. The number of carbonyl (C=O) groups is 1. The van der Waals surface area contributed by atoms with E-state index in [2.05, 4.69) is 5.32 Å². The first-order valence-corrected chi connectivity index (χ1v) is 9.93. The normalized spacial score (nSPS) is 14.4. The summed E-state index contributed by atoms with van der Waals surface area (Å²) in [6, 6.07) is 20.3. The average Bonchev–Trinajstić information content (AvgIpc) is 2.79. The second kappa shape index (κ2) is 8.81. The molecule has 1 aliphatic heterocycles. The number of morpholine rings is 1. The number of amides is 1. The van der Waals surface area contributed by atoms with Crippen molar-refractivity contribution in [2.24, 2.45) is 0 Å². The number of nitrogens with zero attached hydrogens (tertiary/aromatic N) is 1. The van der Waals surface area contributed by atoms with Gasteiger partial charge in [0.15, 0.2) is 0 Å². The summed E-state index contributed by atoms with van der Waals surface area (Å²) in [7, 11) is 0. The highest BCUT2D eigenvalue weighted by atomic mass is 19.4. The van der Waals surface area contributed by atoms with Crippen LogP contribution in [-0.4, -0.2) is 32.2 Å². The Morgan fingerprint density at radius 1 is 0.903 bits per heavy atom. The number of rotatable bonds is 4. The van der Waals surface area contributed by atoms with Gasteiger partial charge in [0.1, 0.15) is 0 Å². The Labute approximate surface area is 178 Å². The minimum Gasteiger partial charge on any atom is -0.378 e. The Kier molecular flexibility index (Phi) is 5.95. The summed E-state index contributed by atoms with van der Waals surface area (Å²) in [4.78, 5) is 14.6. The van der Waals surface area contributed by atoms with Gasteiger partial charge in [0.05, 0.1) is 18.8 Å². The molecule has 3 aromatic carbocycles. The lowest BCUT2D eigenvalue weighted by Gasteiger charge is -2.31. The Morgan fingerprint density at radius 2 is 1.58 bits per heavy atom. The van der Waals surface area contributed by atoms with Gasteiger partial charge in [-0.25, -0.2) is 0 Å². The van der Waals surface area contributed by atoms with Crippen molar-refractivity contribution >= 4 is 17.3 Å². The van der Waals surface area contributed by atoms with E-state index in [4.69, 9.17) is 4.74 Å². The second-order valence-corrected chi connectivity index (χ2v) is 7.19. The second-order valence-electron chi connectivity index (χ2n) is 7.19. The Balaban J connectivity index is 1.64. The number of nitrogens with one attached hydrogen (secondary N) is 1. The number of benzene rings is 3. The van der Waals surface area contributed by atoms with Crippen molar-refractivity contribution in [3.8, 4) is 11.1 Å². The van der Waals surface area contributed by atoms with Crippen LogP contribution in [0, 0.1) is 0 Å². The lowest BCUT2D eigenvalue weighted by Crippen LogP contribution is -2.37. The molecule has 3 aromatic rings. The minimum atomic E-state index is -4.55. The van der Waals surface area contributed by atoms with E-state index >= 15 is 0 Å². The van der Waals surface area contributed by atoms with Gasteiger partial charge in [0.25, 0.3) is 5.91 Å². The number of alkyl halides is 3. The van der Waals surface area contributed by atoms with Crippen LogP contribution < -0.4 is 10.2 Å². The maximum absolute atomic E-state index is 13.8. The molecule has 1 amide bonds. The predicted molar refractivity (Wildman–Crippen MR) is 114 cm³/mol. The molecule has 0 bridgehead atoms. The number of anilines is 2. The third kappa shape index (κ3) is 4.72. The third-order valence-corrected chi connectivity index (χ3v) is 5.17. The molecular weight excluding hydrogens is 405 g/mol. The Hall–Kier alpha value is -3.32. The van der Waals surface area contributed by atoms with Gasteiger partial charge in [-0.2, -0.15) is 13.2 Å².